The third-order valence-electron chi connectivity index (χ3n) is 2.49. The molecule has 0 aliphatic carbocycles. The highest BCUT2D eigenvalue weighted by atomic mass is 32.2. The molecule has 15 heteroatoms. The maximum atomic E-state index is 12.1. The summed E-state index contributed by atoms with van der Waals surface area (Å²) in [6.45, 7) is 0.550. The lowest BCUT2D eigenvalue weighted by Crippen LogP contribution is -2.47. The molecule has 1 unspecified atom stereocenters. The number of esters is 1. The van der Waals surface area contributed by atoms with Gasteiger partial charge in [-0.3, -0.25) is 19.1 Å². The summed E-state index contributed by atoms with van der Waals surface area (Å²) in [6, 6.07) is -1.12. The fraction of sp³-hybridized carbons (Fsp3) is 0.545. The summed E-state index contributed by atoms with van der Waals surface area (Å²) in [5, 5.41) is 18.9. The van der Waals surface area contributed by atoms with E-state index in [9.17, 15) is 24.5 Å². The smallest absolute Gasteiger partial charge is 0.305 e. The summed E-state index contributed by atoms with van der Waals surface area (Å²) < 4.78 is 7.72. The van der Waals surface area contributed by atoms with Crippen LogP contribution in [0.1, 0.15) is 19.8 Å². The van der Waals surface area contributed by atoms with Crippen LogP contribution < -0.4 is 15.8 Å². The zero-order chi connectivity index (χ0) is 19.5. The quantitative estimate of drug-likeness (QED) is 0.138. The molecule has 0 aliphatic rings. The second-order valence-electron chi connectivity index (χ2n) is 4.57. The van der Waals surface area contributed by atoms with Crippen LogP contribution in [-0.4, -0.2) is 52.3 Å². The summed E-state index contributed by atoms with van der Waals surface area (Å²) in [5.41, 5.74) is 5.42. The third-order valence-corrected chi connectivity index (χ3v) is 4.09. The van der Waals surface area contributed by atoms with Crippen LogP contribution in [0.5, 0.6) is 0 Å². The van der Waals surface area contributed by atoms with Gasteiger partial charge in [0.1, 0.15) is 12.6 Å². The van der Waals surface area contributed by atoms with Crippen LogP contribution in [0.3, 0.4) is 0 Å². The highest BCUT2D eigenvalue weighted by Crippen LogP contribution is 2.20. The lowest BCUT2D eigenvalue weighted by atomic mass is 10.3. The van der Waals surface area contributed by atoms with Crippen LogP contribution >= 0.6 is 23.3 Å². The monoisotopic (exact) mass is 408 g/mol. The van der Waals surface area contributed by atoms with E-state index in [-0.39, 0.29) is 24.6 Å². The van der Waals surface area contributed by atoms with E-state index >= 15 is 0 Å². The van der Waals surface area contributed by atoms with Gasteiger partial charge in [0.25, 0.3) is 11.0 Å². The summed E-state index contributed by atoms with van der Waals surface area (Å²) in [4.78, 5) is 48.9. The van der Waals surface area contributed by atoms with Gasteiger partial charge in [-0.2, -0.15) is 0 Å². The lowest BCUT2D eigenvalue weighted by molar-refractivity contribution is -0.757. The minimum atomic E-state index is -1.12. The van der Waals surface area contributed by atoms with Crippen LogP contribution in [-0.2, 0) is 24.0 Å². The number of ether oxygens (including phenoxy) is 1. The number of aromatic nitrogens is 2. The summed E-state index contributed by atoms with van der Waals surface area (Å²) in [6.07, 6.45) is -0.0633. The highest BCUT2D eigenvalue weighted by molar-refractivity contribution is 7.99. The Balaban J connectivity index is 2.41. The average molecular weight is 408 g/mol. The number of nitrogens with two attached hydrogens (primary N) is 1. The number of nitrogen functional groups attached to an aromatic ring is 1. The van der Waals surface area contributed by atoms with Crippen molar-refractivity contribution in [1.29, 1.82) is 0 Å². The van der Waals surface area contributed by atoms with Crippen molar-refractivity contribution in [3.63, 3.8) is 0 Å². The molecule has 2 amide bonds. The van der Waals surface area contributed by atoms with Crippen LogP contribution in [0.4, 0.5) is 5.13 Å². The maximum absolute atomic E-state index is 12.1. The van der Waals surface area contributed by atoms with E-state index in [4.69, 9.17) is 10.5 Å². The molecule has 0 radical (unpaired) electrons. The third kappa shape index (κ3) is 8.97. The molecule has 1 aromatic heterocycles. The van der Waals surface area contributed by atoms with Gasteiger partial charge in [-0.1, -0.05) is 11.3 Å². The Hall–Kier alpha value is -2.68. The fourth-order valence-corrected chi connectivity index (χ4v) is 2.76. The van der Waals surface area contributed by atoms with E-state index in [2.05, 4.69) is 25.1 Å². The molecule has 26 heavy (non-hydrogen) atoms. The maximum Gasteiger partial charge on any atom is 0.305 e. The summed E-state index contributed by atoms with van der Waals surface area (Å²) in [5.74, 6) is -1.81. The first-order valence-corrected chi connectivity index (χ1v) is 8.67. The van der Waals surface area contributed by atoms with Crippen molar-refractivity contribution in [2.75, 3.05) is 18.9 Å². The van der Waals surface area contributed by atoms with Gasteiger partial charge in [0.2, 0.25) is 11.0 Å². The predicted octanol–water partition coefficient (Wildman–Crippen LogP) is -0.720. The molecule has 0 fully saturated rings. The van der Waals surface area contributed by atoms with Gasteiger partial charge in [0.05, 0.1) is 6.61 Å². The first-order chi connectivity index (χ1) is 12.3. The average Bonchev–Trinajstić information content (AvgIpc) is 2.98. The number of nitrogens with zero attached hydrogens (tertiary/aromatic N) is 3. The molecule has 0 aromatic carbocycles. The number of carbonyl (C=O) groups excluding carboxylic acids is 3. The number of anilines is 1. The van der Waals surface area contributed by atoms with Crippen molar-refractivity contribution in [1.82, 2.24) is 20.2 Å². The van der Waals surface area contributed by atoms with Crippen molar-refractivity contribution in [2.45, 2.75) is 30.1 Å². The molecule has 0 spiro atoms. The molecule has 144 valence electrons. The van der Waals surface area contributed by atoms with E-state index < -0.39 is 35.5 Å². The van der Waals surface area contributed by atoms with Crippen LogP contribution in [0, 0.1) is 10.1 Å². The van der Waals surface area contributed by atoms with Crippen molar-refractivity contribution < 1.29 is 29.0 Å². The fourth-order valence-electron chi connectivity index (χ4n) is 1.46. The number of nitrogens with one attached hydrogen (secondary N) is 2. The molecule has 1 heterocycles. The summed E-state index contributed by atoms with van der Waals surface area (Å²) in [7, 11) is 0. The zero-order valence-corrected chi connectivity index (χ0v) is 15.1. The molecular formula is C11H16N6O7S2. The van der Waals surface area contributed by atoms with Crippen LogP contribution in [0.25, 0.3) is 0 Å². The van der Waals surface area contributed by atoms with Gasteiger partial charge in [0, 0.05) is 25.3 Å². The van der Waals surface area contributed by atoms with Gasteiger partial charge >= 0.3 is 5.97 Å². The molecule has 0 saturated carbocycles. The minimum absolute atomic E-state index is 0.0745. The standard InChI is InChI=1S/C11H16N6O7S2/c1-6(18)13-7(5-23-8(19)3-2-4-24-17(21)22)9(20)16-26-11-15-14-10(12)25-11/h7H,2-5H2,1H3,(H2,12,14)(H,13,18)(H,16,20). The van der Waals surface area contributed by atoms with Crippen molar-refractivity contribution in [2.24, 2.45) is 0 Å². The Morgan fingerprint density at radius 3 is 2.73 bits per heavy atom. The van der Waals surface area contributed by atoms with Crippen molar-refractivity contribution in [3.8, 4) is 0 Å². The van der Waals surface area contributed by atoms with Gasteiger partial charge in [-0.15, -0.1) is 20.3 Å². The highest BCUT2D eigenvalue weighted by Gasteiger charge is 2.22. The molecule has 0 saturated heterocycles. The zero-order valence-electron chi connectivity index (χ0n) is 13.5. The Morgan fingerprint density at radius 2 is 2.15 bits per heavy atom. The number of rotatable bonds is 11. The largest absolute Gasteiger partial charge is 0.463 e. The first-order valence-electron chi connectivity index (χ1n) is 7.03. The van der Waals surface area contributed by atoms with E-state index in [0.29, 0.717) is 4.34 Å². The predicted molar refractivity (Wildman–Crippen MR) is 89.1 cm³/mol. The second kappa shape index (κ2) is 11.0. The van der Waals surface area contributed by atoms with Gasteiger partial charge < -0.3 is 20.6 Å². The molecule has 1 atom stereocenters. The van der Waals surface area contributed by atoms with Crippen molar-refractivity contribution >= 4 is 46.2 Å². The normalized spacial score (nSPS) is 11.3. The molecule has 0 aliphatic heterocycles. The van der Waals surface area contributed by atoms with Crippen LogP contribution in [0.2, 0.25) is 0 Å². The Kier molecular flexibility index (Phi) is 9.07. The molecular weight excluding hydrogens is 392 g/mol. The SMILES string of the molecule is CC(=O)NC(COC(=O)CCCO[N+](=O)[O-])C(=O)NSc1nnc(N)s1. The summed E-state index contributed by atoms with van der Waals surface area (Å²) >= 11 is 1.91. The topological polar surface area (TPSA) is 189 Å². The second-order valence-corrected chi connectivity index (χ2v) is 6.63. The van der Waals surface area contributed by atoms with Gasteiger partial charge in [-0.05, 0) is 6.42 Å². The number of hydrogen-bond acceptors (Lipinski definition) is 12. The Morgan fingerprint density at radius 1 is 1.42 bits per heavy atom. The van der Waals surface area contributed by atoms with E-state index in [1.54, 1.807) is 0 Å². The Bertz CT molecular complexity index is 655. The van der Waals surface area contributed by atoms with Crippen LogP contribution in [0.15, 0.2) is 4.34 Å². The number of carbonyl (C=O) groups is 3. The molecule has 4 N–H and O–H groups in total. The van der Waals surface area contributed by atoms with E-state index in [1.807, 2.05) is 0 Å². The molecule has 1 aromatic rings. The minimum Gasteiger partial charge on any atom is -0.463 e. The van der Waals surface area contributed by atoms with E-state index in [1.165, 1.54) is 6.92 Å². The first kappa shape index (κ1) is 21.4. The van der Waals surface area contributed by atoms with Gasteiger partial charge in [0.15, 0.2) is 4.34 Å². The Labute approximate surface area is 155 Å². The molecule has 0 bridgehead atoms. The lowest BCUT2D eigenvalue weighted by Gasteiger charge is -2.16. The number of hydrogen-bond donors (Lipinski definition) is 3. The van der Waals surface area contributed by atoms with Gasteiger partial charge in [-0.25, -0.2) is 0 Å². The van der Waals surface area contributed by atoms with E-state index in [0.717, 1.165) is 23.3 Å². The molecule has 13 nitrogen and oxygen atoms in total. The van der Waals surface area contributed by atoms with Crippen molar-refractivity contribution in [3.05, 3.63) is 10.1 Å². The molecule has 1 rings (SSSR count). The number of amides is 2.